The number of rotatable bonds is 3. The maximum atomic E-state index is 12.1. The van der Waals surface area contributed by atoms with E-state index in [1.54, 1.807) is 6.07 Å². The van der Waals surface area contributed by atoms with E-state index in [2.05, 4.69) is 20.9 Å². The molecule has 0 aliphatic carbocycles. The predicted molar refractivity (Wildman–Crippen MR) is 80.9 cm³/mol. The first-order valence-electron chi connectivity index (χ1n) is 5.51. The lowest BCUT2D eigenvalue weighted by atomic mass is 10.3. The lowest BCUT2D eigenvalue weighted by Gasteiger charge is -2.08. The minimum absolute atomic E-state index is 0.0739. The molecule has 0 unspecified atom stereocenters. The summed E-state index contributed by atoms with van der Waals surface area (Å²) in [5.74, 6) is -0.899. The van der Waals surface area contributed by atoms with Crippen molar-refractivity contribution in [2.45, 2.75) is 4.90 Å². The van der Waals surface area contributed by atoms with Gasteiger partial charge in [0.05, 0.1) is 5.56 Å². The first-order valence-corrected chi connectivity index (χ1v) is 8.16. The van der Waals surface area contributed by atoms with Gasteiger partial charge in [-0.25, -0.2) is 13.1 Å². The number of pyridine rings is 1. The predicted octanol–water partition coefficient (Wildman–Crippen LogP) is 1.91. The molecule has 0 aliphatic heterocycles. The Morgan fingerprint density at radius 1 is 1.29 bits per heavy atom. The number of aromatic amines is 1. The van der Waals surface area contributed by atoms with Crippen LogP contribution >= 0.6 is 27.5 Å². The third kappa shape index (κ3) is 3.52. The quantitative estimate of drug-likeness (QED) is 0.835. The zero-order valence-electron chi connectivity index (χ0n) is 10.3. The molecule has 0 atom stereocenters. The van der Waals surface area contributed by atoms with E-state index in [-0.39, 0.29) is 15.5 Å². The summed E-state index contributed by atoms with van der Waals surface area (Å²) in [5, 5.41) is -0.207. The molecular formula is C12H8BrClN2O4S. The van der Waals surface area contributed by atoms with Gasteiger partial charge in [-0.3, -0.25) is 9.59 Å². The largest absolute Gasteiger partial charge is 0.327 e. The lowest BCUT2D eigenvalue weighted by Crippen LogP contribution is -2.31. The summed E-state index contributed by atoms with van der Waals surface area (Å²) in [6, 6.07) is 7.15. The molecule has 0 fully saturated rings. The molecule has 1 heterocycles. The molecule has 0 saturated heterocycles. The third-order valence-electron chi connectivity index (χ3n) is 2.47. The summed E-state index contributed by atoms with van der Waals surface area (Å²) in [6.07, 6.45) is 1.08. The summed E-state index contributed by atoms with van der Waals surface area (Å²) >= 11 is 8.69. The number of carbonyl (C=O) groups is 1. The maximum Gasteiger partial charge on any atom is 0.266 e. The Morgan fingerprint density at radius 3 is 2.57 bits per heavy atom. The number of nitrogens with one attached hydrogen (secondary N) is 2. The molecule has 0 saturated carbocycles. The highest BCUT2D eigenvalue weighted by Gasteiger charge is 2.21. The monoisotopic (exact) mass is 390 g/mol. The van der Waals surface area contributed by atoms with Crippen LogP contribution in [0.3, 0.4) is 0 Å². The van der Waals surface area contributed by atoms with Gasteiger partial charge >= 0.3 is 0 Å². The van der Waals surface area contributed by atoms with Gasteiger partial charge in [0.15, 0.2) is 0 Å². The van der Waals surface area contributed by atoms with Crippen LogP contribution in [0.2, 0.25) is 5.02 Å². The number of hydrogen-bond donors (Lipinski definition) is 2. The van der Waals surface area contributed by atoms with Crippen LogP contribution in [-0.4, -0.2) is 19.3 Å². The third-order valence-corrected chi connectivity index (χ3v) is 5.10. The van der Waals surface area contributed by atoms with Gasteiger partial charge in [0, 0.05) is 10.7 Å². The van der Waals surface area contributed by atoms with Crippen molar-refractivity contribution >= 4 is 43.5 Å². The first-order chi connectivity index (χ1) is 9.81. The lowest BCUT2D eigenvalue weighted by molar-refractivity contribution is 0.0981. The Bertz CT molecular complexity index is 864. The molecule has 0 spiro atoms. The van der Waals surface area contributed by atoms with Crippen molar-refractivity contribution in [3.63, 3.8) is 0 Å². The smallest absolute Gasteiger partial charge is 0.266 e. The normalized spacial score (nSPS) is 11.1. The molecule has 21 heavy (non-hydrogen) atoms. The number of halogens is 2. The van der Waals surface area contributed by atoms with E-state index in [4.69, 9.17) is 11.6 Å². The Labute approximate surface area is 133 Å². The SMILES string of the molecule is O=C(NS(=O)(=O)c1ccccc1Br)c1c[nH]c(=O)c(Cl)c1. The Balaban J connectivity index is 2.32. The van der Waals surface area contributed by atoms with Crippen molar-refractivity contribution in [1.82, 2.24) is 9.71 Å². The van der Waals surface area contributed by atoms with E-state index in [0.29, 0.717) is 4.47 Å². The molecule has 1 aromatic carbocycles. The highest BCUT2D eigenvalue weighted by atomic mass is 79.9. The van der Waals surface area contributed by atoms with E-state index in [0.717, 1.165) is 12.3 Å². The molecule has 2 N–H and O–H groups in total. The van der Waals surface area contributed by atoms with E-state index >= 15 is 0 Å². The molecule has 9 heteroatoms. The minimum atomic E-state index is -4.04. The van der Waals surface area contributed by atoms with Crippen LogP contribution in [0.1, 0.15) is 10.4 Å². The van der Waals surface area contributed by atoms with Crippen molar-refractivity contribution < 1.29 is 13.2 Å². The topological polar surface area (TPSA) is 96.1 Å². The summed E-state index contributed by atoms with van der Waals surface area (Å²) in [7, 11) is -4.04. The average Bonchev–Trinajstić information content (AvgIpc) is 2.41. The first kappa shape index (κ1) is 15.7. The molecule has 0 aliphatic rings. The van der Waals surface area contributed by atoms with Crippen LogP contribution in [0.25, 0.3) is 0 Å². The highest BCUT2D eigenvalue weighted by Crippen LogP contribution is 2.21. The molecule has 1 amide bonds. The van der Waals surface area contributed by atoms with Crippen LogP contribution < -0.4 is 10.3 Å². The fraction of sp³-hybridized carbons (Fsp3) is 0. The Morgan fingerprint density at radius 2 is 1.95 bits per heavy atom. The molecule has 110 valence electrons. The van der Waals surface area contributed by atoms with E-state index in [1.165, 1.54) is 18.2 Å². The van der Waals surface area contributed by atoms with Crippen molar-refractivity contribution in [1.29, 1.82) is 0 Å². The number of H-pyrrole nitrogens is 1. The van der Waals surface area contributed by atoms with Crippen LogP contribution in [0, 0.1) is 0 Å². The average molecular weight is 392 g/mol. The van der Waals surface area contributed by atoms with Crippen molar-refractivity contribution in [3.05, 3.63) is 61.9 Å². The number of aromatic nitrogens is 1. The number of benzene rings is 1. The summed E-state index contributed by atoms with van der Waals surface area (Å²) < 4.78 is 26.5. The Hall–Kier alpha value is -1.64. The molecule has 2 aromatic rings. The van der Waals surface area contributed by atoms with Gasteiger partial charge in [-0.1, -0.05) is 23.7 Å². The Kier molecular flexibility index (Phi) is 4.50. The molecule has 2 rings (SSSR count). The van der Waals surface area contributed by atoms with Gasteiger partial charge in [0.2, 0.25) is 0 Å². The fourth-order valence-corrected chi connectivity index (χ4v) is 3.64. The summed E-state index contributed by atoms with van der Waals surface area (Å²) in [5.41, 5.74) is -0.642. The highest BCUT2D eigenvalue weighted by molar-refractivity contribution is 9.10. The number of carbonyl (C=O) groups excluding carboxylic acids is 1. The zero-order valence-corrected chi connectivity index (χ0v) is 13.4. The van der Waals surface area contributed by atoms with E-state index in [9.17, 15) is 18.0 Å². The van der Waals surface area contributed by atoms with E-state index < -0.39 is 21.5 Å². The number of sulfonamides is 1. The second-order valence-corrected chi connectivity index (χ2v) is 6.84. The van der Waals surface area contributed by atoms with Gasteiger partial charge in [0.1, 0.15) is 9.92 Å². The molecule has 6 nitrogen and oxygen atoms in total. The molecule has 1 aromatic heterocycles. The van der Waals surface area contributed by atoms with E-state index in [1.807, 2.05) is 4.72 Å². The zero-order chi connectivity index (χ0) is 15.6. The van der Waals surface area contributed by atoms with Crippen LogP contribution in [0.5, 0.6) is 0 Å². The number of hydrogen-bond acceptors (Lipinski definition) is 4. The van der Waals surface area contributed by atoms with Gasteiger partial charge in [-0.15, -0.1) is 0 Å². The summed E-state index contributed by atoms with van der Waals surface area (Å²) in [4.78, 5) is 25.2. The van der Waals surface area contributed by atoms with Crippen molar-refractivity contribution in [2.24, 2.45) is 0 Å². The molecule has 0 radical (unpaired) electrons. The van der Waals surface area contributed by atoms with Gasteiger partial charge < -0.3 is 4.98 Å². The van der Waals surface area contributed by atoms with Crippen molar-refractivity contribution in [2.75, 3.05) is 0 Å². The van der Waals surface area contributed by atoms with Gasteiger partial charge in [-0.05, 0) is 34.1 Å². The standard InChI is InChI=1S/C12H8BrClN2O4S/c13-8-3-1-2-4-10(8)21(19,20)16-11(17)7-5-9(14)12(18)15-6-7/h1-6H,(H,15,18)(H,16,17). The second-order valence-electron chi connectivity index (χ2n) is 3.93. The number of amides is 1. The molecule has 0 bridgehead atoms. The van der Waals surface area contributed by atoms with Gasteiger partial charge in [-0.2, -0.15) is 0 Å². The maximum absolute atomic E-state index is 12.1. The fourth-order valence-electron chi connectivity index (χ4n) is 1.49. The van der Waals surface area contributed by atoms with Crippen molar-refractivity contribution in [3.8, 4) is 0 Å². The molecular weight excluding hydrogens is 384 g/mol. The van der Waals surface area contributed by atoms with Gasteiger partial charge in [0.25, 0.3) is 21.5 Å². The summed E-state index contributed by atoms with van der Waals surface area (Å²) in [6.45, 7) is 0. The minimum Gasteiger partial charge on any atom is -0.327 e. The van der Waals surface area contributed by atoms with Crippen LogP contribution in [-0.2, 0) is 10.0 Å². The van der Waals surface area contributed by atoms with Crippen LogP contribution in [0.4, 0.5) is 0 Å². The second kappa shape index (κ2) is 6.00. The van der Waals surface area contributed by atoms with Crippen LogP contribution in [0.15, 0.2) is 50.7 Å².